The van der Waals surface area contributed by atoms with Gasteiger partial charge in [-0.3, -0.25) is 0 Å². The molecule has 2 heterocycles. The Balaban J connectivity index is 2.30. The second kappa shape index (κ2) is 4.69. The Hall–Kier alpha value is -1.65. The Morgan fingerprint density at radius 2 is 1.88 bits per heavy atom. The molecule has 0 amide bonds. The first-order chi connectivity index (χ1) is 8.08. The molecule has 1 fully saturated rings. The topological polar surface area (TPSA) is 66.3 Å². The van der Waals surface area contributed by atoms with E-state index in [4.69, 9.17) is 5.11 Å². The Bertz CT molecular complexity index is 412. The maximum absolute atomic E-state index is 11.1. The van der Waals surface area contributed by atoms with Gasteiger partial charge in [-0.15, -0.1) is 0 Å². The molecule has 0 radical (unpaired) electrons. The summed E-state index contributed by atoms with van der Waals surface area (Å²) >= 11 is 0. The lowest BCUT2D eigenvalue weighted by Crippen LogP contribution is -2.40. The molecule has 0 bridgehead atoms. The molecule has 2 rings (SSSR count). The predicted octanol–water partition coefficient (Wildman–Crippen LogP) is 1.66. The highest BCUT2D eigenvalue weighted by Gasteiger charge is 2.26. The number of carboxylic acid groups (broad SMARTS) is 1. The molecule has 5 heteroatoms. The van der Waals surface area contributed by atoms with Crippen LogP contribution in [0.5, 0.6) is 0 Å². The zero-order chi connectivity index (χ0) is 12.4. The van der Waals surface area contributed by atoms with Crippen molar-refractivity contribution in [1.29, 1.82) is 0 Å². The van der Waals surface area contributed by atoms with Crippen molar-refractivity contribution < 1.29 is 9.90 Å². The van der Waals surface area contributed by atoms with Gasteiger partial charge in [0.1, 0.15) is 0 Å². The average Bonchev–Trinajstić information content (AvgIpc) is 2.27. The Kier molecular flexibility index (Phi) is 3.26. The Morgan fingerprint density at radius 1 is 1.29 bits per heavy atom. The van der Waals surface area contributed by atoms with E-state index in [1.165, 1.54) is 12.6 Å². The SMILES string of the molecule is CC1CC(C)CN(c2nccnc2C(=O)O)C1. The molecule has 0 aromatic carbocycles. The summed E-state index contributed by atoms with van der Waals surface area (Å²) in [6.45, 7) is 6.06. The maximum Gasteiger partial charge on any atom is 0.358 e. The molecule has 5 nitrogen and oxygen atoms in total. The van der Waals surface area contributed by atoms with Gasteiger partial charge in [0.25, 0.3) is 0 Å². The molecule has 1 saturated heterocycles. The van der Waals surface area contributed by atoms with E-state index in [0.29, 0.717) is 17.7 Å². The van der Waals surface area contributed by atoms with Crippen molar-refractivity contribution in [3.05, 3.63) is 18.1 Å². The van der Waals surface area contributed by atoms with Gasteiger partial charge >= 0.3 is 5.97 Å². The third kappa shape index (κ3) is 2.54. The summed E-state index contributed by atoms with van der Waals surface area (Å²) in [6.07, 6.45) is 4.15. The minimum atomic E-state index is -1.01. The van der Waals surface area contributed by atoms with Crippen molar-refractivity contribution in [1.82, 2.24) is 9.97 Å². The van der Waals surface area contributed by atoms with E-state index in [9.17, 15) is 4.79 Å². The predicted molar refractivity (Wildman–Crippen MR) is 64.1 cm³/mol. The lowest BCUT2D eigenvalue weighted by Gasteiger charge is -2.35. The maximum atomic E-state index is 11.1. The van der Waals surface area contributed by atoms with Gasteiger partial charge in [0.2, 0.25) is 0 Å². The molecule has 0 spiro atoms. The van der Waals surface area contributed by atoms with Gasteiger partial charge in [0.15, 0.2) is 11.5 Å². The molecule has 0 saturated carbocycles. The van der Waals surface area contributed by atoms with E-state index in [1.54, 1.807) is 6.20 Å². The first kappa shape index (κ1) is 11.8. The summed E-state index contributed by atoms with van der Waals surface area (Å²) < 4.78 is 0. The van der Waals surface area contributed by atoms with Gasteiger partial charge in [-0.1, -0.05) is 13.8 Å². The van der Waals surface area contributed by atoms with Crippen molar-refractivity contribution in [2.24, 2.45) is 11.8 Å². The first-order valence-corrected chi connectivity index (χ1v) is 5.87. The van der Waals surface area contributed by atoms with Crippen molar-refractivity contribution >= 4 is 11.8 Å². The summed E-state index contributed by atoms with van der Waals surface area (Å²) in [4.78, 5) is 21.2. The van der Waals surface area contributed by atoms with Crippen LogP contribution >= 0.6 is 0 Å². The van der Waals surface area contributed by atoms with Crippen molar-refractivity contribution in [2.45, 2.75) is 20.3 Å². The van der Waals surface area contributed by atoms with Crippen LogP contribution in [0.3, 0.4) is 0 Å². The number of piperidine rings is 1. The van der Waals surface area contributed by atoms with Crippen LogP contribution < -0.4 is 4.90 Å². The standard InChI is InChI=1S/C12H17N3O2/c1-8-5-9(2)7-15(6-8)11-10(12(16)17)13-3-4-14-11/h3-4,8-9H,5-7H2,1-2H3,(H,16,17). The number of carboxylic acids is 1. The first-order valence-electron chi connectivity index (χ1n) is 5.87. The van der Waals surface area contributed by atoms with Gasteiger partial charge in [-0.05, 0) is 18.3 Å². The largest absolute Gasteiger partial charge is 0.476 e. The number of hydrogen-bond donors (Lipinski definition) is 1. The molecule has 1 aromatic rings. The molecule has 1 aliphatic heterocycles. The fraction of sp³-hybridized carbons (Fsp3) is 0.583. The Morgan fingerprint density at radius 3 is 2.47 bits per heavy atom. The number of anilines is 1. The van der Waals surface area contributed by atoms with E-state index in [2.05, 4.69) is 23.8 Å². The molecule has 17 heavy (non-hydrogen) atoms. The lowest BCUT2D eigenvalue weighted by molar-refractivity contribution is 0.0690. The van der Waals surface area contributed by atoms with Gasteiger partial charge in [0, 0.05) is 25.5 Å². The molecule has 1 aromatic heterocycles. The molecule has 92 valence electrons. The second-order valence-electron chi connectivity index (χ2n) is 4.88. The van der Waals surface area contributed by atoms with Crippen LogP contribution in [0.2, 0.25) is 0 Å². The highest BCUT2D eigenvalue weighted by molar-refractivity contribution is 5.90. The zero-order valence-electron chi connectivity index (χ0n) is 10.1. The number of rotatable bonds is 2. The molecule has 1 N–H and O–H groups in total. The van der Waals surface area contributed by atoms with Crippen LogP contribution in [0, 0.1) is 11.8 Å². The Labute approximate surface area is 100 Å². The molecule has 2 atom stereocenters. The highest BCUT2D eigenvalue weighted by Crippen LogP contribution is 2.26. The smallest absolute Gasteiger partial charge is 0.358 e. The summed E-state index contributed by atoms with van der Waals surface area (Å²) in [5.74, 6) is 0.599. The fourth-order valence-corrected chi connectivity index (χ4v) is 2.55. The summed E-state index contributed by atoms with van der Waals surface area (Å²) in [5, 5.41) is 9.10. The van der Waals surface area contributed by atoms with Crippen LogP contribution in [0.1, 0.15) is 30.8 Å². The highest BCUT2D eigenvalue weighted by atomic mass is 16.4. The second-order valence-corrected chi connectivity index (χ2v) is 4.88. The van der Waals surface area contributed by atoms with Crippen molar-refractivity contribution in [3.8, 4) is 0 Å². The van der Waals surface area contributed by atoms with Crippen LogP contribution in [0.25, 0.3) is 0 Å². The quantitative estimate of drug-likeness (QED) is 0.844. The van der Waals surface area contributed by atoms with E-state index in [-0.39, 0.29) is 5.69 Å². The molecule has 2 unspecified atom stereocenters. The minimum Gasteiger partial charge on any atom is -0.476 e. The molecule has 0 aliphatic carbocycles. The van der Waals surface area contributed by atoms with Gasteiger partial charge in [-0.25, -0.2) is 14.8 Å². The molecular weight excluding hydrogens is 218 g/mol. The average molecular weight is 235 g/mol. The normalized spacial score (nSPS) is 24.7. The monoisotopic (exact) mass is 235 g/mol. The van der Waals surface area contributed by atoms with Crippen LogP contribution in [-0.2, 0) is 0 Å². The molecule has 1 aliphatic rings. The zero-order valence-corrected chi connectivity index (χ0v) is 10.1. The number of carbonyl (C=O) groups is 1. The van der Waals surface area contributed by atoms with E-state index in [0.717, 1.165) is 13.1 Å². The number of aromatic nitrogens is 2. The number of hydrogen-bond acceptors (Lipinski definition) is 4. The number of nitrogens with zero attached hydrogens (tertiary/aromatic N) is 3. The third-order valence-electron chi connectivity index (χ3n) is 3.05. The van der Waals surface area contributed by atoms with Gasteiger partial charge < -0.3 is 10.0 Å². The van der Waals surface area contributed by atoms with Crippen LogP contribution in [-0.4, -0.2) is 34.1 Å². The van der Waals surface area contributed by atoms with E-state index >= 15 is 0 Å². The van der Waals surface area contributed by atoms with E-state index < -0.39 is 5.97 Å². The fourth-order valence-electron chi connectivity index (χ4n) is 2.55. The van der Waals surface area contributed by atoms with Crippen LogP contribution in [0.15, 0.2) is 12.4 Å². The van der Waals surface area contributed by atoms with E-state index in [1.807, 2.05) is 4.90 Å². The minimum absolute atomic E-state index is 0.0498. The van der Waals surface area contributed by atoms with Crippen molar-refractivity contribution in [2.75, 3.05) is 18.0 Å². The summed E-state index contributed by atoms with van der Waals surface area (Å²) in [6, 6.07) is 0. The van der Waals surface area contributed by atoms with Gasteiger partial charge in [0.05, 0.1) is 0 Å². The number of aromatic carboxylic acids is 1. The summed E-state index contributed by atoms with van der Waals surface area (Å²) in [5.41, 5.74) is 0.0498. The van der Waals surface area contributed by atoms with Crippen LogP contribution in [0.4, 0.5) is 5.82 Å². The summed E-state index contributed by atoms with van der Waals surface area (Å²) in [7, 11) is 0. The van der Waals surface area contributed by atoms with Crippen molar-refractivity contribution in [3.63, 3.8) is 0 Å². The lowest BCUT2D eigenvalue weighted by atomic mass is 9.92. The molecular formula is C12H17N3O2. The van der Waals surface area contributed by atoms with Gasteiger partial charge in [-0.2, -0.15) is 0 Å². The third-order valence-corrected chi connectivity index (χ3v) is 3.05.